The van der Waals surface area contributed by atoms with Crippen molar-refractivity contribution in [1.29, 1.82) is 0 Å². The van der Waals surface area contributed by atoms with E-state index in [9.17, 15) is 4.79 Å². The lowest BCUT2D eigenvalue weighted by Gasteiger charge is -2.60. The van der Waals surface area contributed by atoms with Gasteiger partial charge in [-0.2, -0.15) is 5.10 Å². The summed E-state index contributed by atoms with van der Waals surface area (Å²) in [7, 11) is 1.64. The predicted octanol–water partition coefficient (Wildman–Crippen LogP) is 3.53. The summed E-state index contributed by atoms with van der Waals surface area (Å²) >= 11 is 0. The van der Waals surface area contributed by atoms with Crippen molar-refractivity contribution in [3.8, 4) is 5.75 Å². The van der Waals surface area contributed by atoms with E-state index in [0.29, 0.717) is 17.6 Å². The van der Waals surface area contributed by atoms with Crippen LogP contribution in [0.4, 0.5) is 5.69 Å². The van der Waals surface area contributed by atoms with Crippen molar-refractivity contribution < 1.29 is 9.53 Å². The molecule has 6 heteroatoms. The van der Waals surface area contributed by atoms with Crippen molar-refractivity contribution in [3.05, 3.63) is 36.4 Å². The minimum absolute atomic E-state index is 0.0470. The first kappa shape index (κ1) is 16.8. The van der Waals surface area contributed by atoms with Crippen LogP contribution >= 0.6 is 0 Å². The SMILES string of the molecule is COc1ccc(C)cc1NC(=O)C12C[C@H]3C[C@@H](C1)CC(n1cncn1)(C3)C2. The number of amides is 1. The van der Waals surface area contributed by atoms with Crippen LogP contribution in [0.25, 0.3) is 0 Å². The second kappa shape index (κ2) is 5.81. The summed E-state index contributed by atoms with van der Waals surface area (Å²) in [6, 6.07) is 5.91. The van der Waals surface area contributed by atoms with Gasteiger partial charge in [-0.15, -0.1) is 0 Å². The third-order valence-corrected chi connectivity index (χ3v) is 7.02. The maximum Gasteiger partial charge on any atom is 0.230 e. The molecule has 0 saturated heterocycles. The maximum atomic E-state index is 13.5. The third kappa shape index (κ3) is 2.57. The summed E-state index contributed by atoms with van der Waals surface area (Å²) in [6.07, 6.45) is 9.77. The molecular weight excluding hydrogens is 340 g/mol. The molecule has 2 aromatic rings. The van der Waals surface area contributed by atoms with Gasteiger partial charge in [0.2, 0.25) is 5.91 Å². The smallest absolute Gasteiger partial charge is 0.230 e. The van der Waals surface area contributed by atoms with E-state index in [1.54, 1.807) is 13.4 Å². The lowest BCUT2D eigenvalue weighted by Crippen LogP contribution is -2.60. The third-order valence-electron chi connectivity index (χ3n) is 7.02. The zero-order valence-corrected chi connectivity index (χ0v) is 15.9. The van der Waals surface area contributed by atoms with E-state index >= 15 is 0 Å². The van der Waals surface area contributed by atoms with Gasteiger partial charge in [0.15, 0.2) is 0 Å². The van der Waals surface area contributed by atoms with Crippen molar-refractivity contribution in [2.75, 3.05) is 12.4 Å². The van der Waals surface area contributed by atoms with E-state index in [2.05, 4.69) is 15.4 Å². The molecule has 142 valence electrons. The number of anilines is 1. The Balaban J connectivity index is 1.48. The van der Waals surface area contributed by atoms with E-state index in [4.69, 9.17) is 4.74 Å². The van der Waals surface area contributed by atoms with Crippen molar-refractivity contribution in [1.82, 2.24) is 14.8 Å². The highest BCUT2D eigenvalue weighted by molar-refractivity contribution is 5.97. The Labute approximate surface area is 159 Å². The van der Waals surface area contributed by atoms with Crippen LogP contribution in [-0.4, -0.2) is 27.8 Å². The van der Waals surface area contributed by atoms with E-state index in [0.717, 1.165) is 43.4 Å². The molecule has 4 atom stereocenters. The monoisotopic (exact) mass is 366 g/mol. The van der Waals surface area contributed by atoms with Gasteiger partial charge >= 0.3 is 0 Å². The Kier molecular flexibility index (Phi) is 3.61. The molecule has 2 unspecified atom stereocenters. The molecule has 6 rings (SSSR count). The molecule has 1 aromatic heterocycles. The first-order chi connectivity index (χ1) is 13.0. The van der Waals surface area contributed by atoms with E-state index in [1.165, 1.54) is 6.42 Å². The van der Waals surface area contributed by atoms with Gasteiger partial charge in [0, 0.05) is 0 Å². The van der Waals surface area contributed by atoms with Crippen LogP contribution in [0.1, 0.15) is 44.1 Å². The van der Waals surface area contributed by atoms with E-state index in [-0.39, 0.29) is 16.9 Å². The average Bonchev–Trinajstić information content (AvgIpc) is 3.16. The number of nitrogens with one attached hydrogen (secondary N) is 1. The van der Waals surface area contributed by atoms with Crippen LogP contribution in [0.2, 0.25) is 0 Å². The number of hydrogen-bond donors (Lipinski definition) is 1. The van der Waals surface area contributed by atoms with Gasteiger partial charge in [-0.1, -0.05) is 6.07 Å². The van der Waals surface area contributed by atoms with E-state index < -0.39 is 0 Å². The normalized spacial score (nSPS) is 33.9. The Hall–Kier alpha value is -2.37. The molecule has 1 heterocycles. The lowest BCUT2D eigenvalue weighted by molar-refractivity contribution is -0.150. The highest BCUT2D eigenvalue weighted by atomic mass is 16.5. The number of carbonyl (C=O) groups is 1. The van der Waals surface area contributed by atoms with Crippen LogP contribution in [-0.2, 0) is 10.3 Å². The van der Waals surface area contributed by atoms with Crippen molar-refractivity contribution in [2.45, 2.75) is 51.0 Å². The minimum Gasteiger partial charge on any atom is -0.495 e. The molecule has 6 nitrogen and oxygen atoms in total. The number of methoxy groups -OCH3 is 1. The molecular formula is C21H26N4O2. The maximum absolute atomic E-state index is 13.5. The summed E-state index contributed by atoms with van der Waals surface area (Å²) in [6.45, 7) is 2.03. The fraction of sp³-hybridized carbons (Fsp3) is 0.571. The second-order valence-corrected chi connectivity index (χ2v) is 8.96. The Morgan fingerprint density at radius 1 is 1.26 bits per heavy atom. The second-order valence-electron chi connectivity index (χ2n) is 8.96. The number of carbonyl (C=O) groups excluding carboxylic acids is 1. The van der Waals surface area contributed by atoms with Gasteiger partial charge in [0.1, 0.15) is 18.4 Å². The largest absolute Gasteiger partial charge is 0.495 e. The molecule has 4 aliphatic rings. The van der Waals surface area contributed by atoms with Gasteiger partial charge in [-0.05, 0) is 75.0 Å². The van der Waals surface area contributed by atoms with Crippen molar-refractivity contribution in [2.24, 2.45) is 17.3 Å². The van der Waals surface area contributed by atoms with Gasteiger partial charge in [-0.3, -0.25) is 4.79 Å². The van der Waals surface area contributed by atoms with Crippen LogP contribution in [0, 0.1) is 24.2 Å². The van der Waals surface area contributed by atoms with Crippen LogP contribution < -0.4 is 10.1 Å². The highest BCUT2D eigenvalue weighted by Gasteiger charge is 2.61. The van der Waals surface area contributed by atoms with Gasteiger partial charge in [-0.25, -0.2) is 9.67 Å². The highest BCUT2D eigenvalue weighted by Crippen LogP contribution is 2.64. The zero-order valence-electron chi connectivity index (χ0n) is 15.9. The molecule has 27 heavy (non-hydrogen) atoms. The Morgan fingerprint density at radius 2 is 2.04 bits per heavy atom. The number of benzene rings is 1. The molecule has 0 aliphatic heterocycles. The standard InChI is InChI=1S/C21H26N4O2/c1-14-3-4-18(27-2)17(5-14)24-19(26)20-7-15-6-16(8-20)10-21(9-15,11-20)25-13-22-12-23-25/h3-5,12-13,15-16H,6-11H2,1-2H3,(H,24,26)/t15-,16+,20?,21?. The molecule has 0 radical (unpaired) electrons. The molecule has 4 aliphatic carbocycles. The number of aryl methyl sites for hydroxylation is 1. The van der Waals surface area contributed by atoms with Gasteiger partial charge < -0.3 is 10.1 Å². The first-order valence-corrected chi connectivity index (χ1v) is 9.83. The number of nitrogens with zero attached hydrogens (tertiary/aromatic N) is 3. The topological polar surface area (TPSA) is 69.0 Å². The fourth-order valence-electron chi connectivity index (χ4n) is 6.38. The summed E-state index contributed by atoms with van der Waals surface area (Å²) in [4.78, 5) is 17.7. The van der Waals surface area contributed by atoms with Crippen LogP contribution in [0.5, 0.6) is 5.75 Å². The summed E-state index contributed by atoms with van der Waals surface area (Å²) in [5, 5.41) is 7.69. The summed E-state index contributed by atoms with van der Waals surface area (Å²) in [5.41, 5.74) is 1.52. The van der Waals surface area contributed by atoms with Gasteiger partial charge in [0.05, 0.1) is 23.8 Å². The quantitative estimate of drug-likeness (QED) is 0.899. The fourth-order valence-corrected chi connectivity index (χ4v) is 6.38. The zero-order chi connectivity index (χ0) is 18.6. The number of aromatic nitrogens is 3. The molecule has 4 bridgehead atoms. The van der Waals surface area contributed by atoms with Crippen molar-refractivity contribution in [3.63, 3.8) is 0 Å². The molecule has 4 fully saturated rings. The molecule has 1 N–H and O–H groups in total. The average molecular weight is 366 g/mol. The van der Waals surface area contributed by atoms with E-state index in [1.807, 2.05) is 36.1 Å². The van der Waals surface area contributed by atoms with Crippen LogP contribution in [0.3, 0.4) is 0 Å². The molecule has 0 spiro atoms. The number of hydrogen-bond acceptors (Lipinski definition) is 4. The molecule has 1 aromatic carbocycles. The van der Waals surface area contributed by atoms with Crippen LogP contribution in [0.15, 0.2) is 30.9 Å². The summed E-state index contributed by atoms with van der Waals surface area (Å²) < 4.78 is 7.50. The Morgan fingerprint density at radius 3 is 2.70 bits per heavy atom. The number of rotatable bonds is 4. The molecule has 4 saturated carbocycles. The van der Waals surface area contributed by atoms with Gasteiger partial charge in [0.25, 0.3) is 0 Å². The lowest BCUT2D eigenvalue weighted by atomic mass is 9.46. The molecule has 1 amide bonds. The van der Waals surface area contributed by atoms with Crippen molar-refractivity contribution >= 4 is 11.6 Å². The number of ether oxygens (including phenoxy) is 1. The predicted molar refractivity (Wildman–Crippen MR) is 101 cm³/mol. The Bertz CT molecular complexity index is 862. The minimum atomic E-state index is -0.315. The summed E-state index contributed by atoms with van der Waals surface area (Å²) in [5.74, 6) is 2.05. The first-order valence-electron chi connectivity index (χ1n) is 9.83.